The third kappa shape index (κ3) is 4.49. The monoisotopic (exact) mass is 346 g/mol. The van der Waals surface area contributed by atoms with E-state index in [0.717, 1.165) is 31.5 Å². The molecular weight excluding hydrogens is 323 g/mol. The molecule has 1 saturated heterocycles. The summed E-state index contributed by atoms with van der Waals surface area (Å²) in [4.78, 5) is 4.64. The number of hydrogen-bond donors (Lipinski definition) is 1. The highest BCUT2D eigenvalue weighted by Gasteiger charge is 2.23. The first-order valence-corrected chi connectivity index (χ1v) is 8.36. The minimum absolute atomic E-state index is 0.147. The van der Waals surface area contributed by atoms with E-state index in [1.54, 1.807) is 13.2 Å². The molecule has 2 rings (SSSR count). The van der Waals surface area contributed by atoms with Gasteiger partial charge < -0.3 is 14.7 Å². The molecule has 0 unspecified atom stereocenters. The summed E-state index contributed by atoms with van der Waals surface area (Å²) in [6.45, 7) is 3.66. The number of halogens is 2. The fraction of sp³-hybridized carbons (Fsp3) is 0.625. The van der Waals surface area contributed by atoms with Crippen molar-refractivity contribution in [1.29, 1.82) is 0 Å². The molecule has 1 aliphatic rings. The van der Waals surface area contributed by atoms with Crippen LogP contribution in [-0.4, -0.2) is 61.3 Å². The second kappa shape index (κ2) is 8.37. The van der Waals surface area contributed by atoms with Crippen LogP contribution in [0.4, 0.5) is 0 Å². The molecule has 22 heavy (non-hydrogen) atoms. The summed E-state index contributed by atoms with van der Waals surface area (Å²) in [7, 11) is 3.72. The van der Waals surface area contributed by atoms with Crippen molar-refractivity contribution in [2.75, 3.05) is 40.4 Å². The highest BCUT2D eigenvalue weighted by Crippen LogP contribution is 2.32. The number of likely N-dealkylation sites (tertiary alicyclic amines) is 1. The van der Waals surface area contributed by atoms with E-state index in [1.165, 1.54) is 0 Å². The fourth-order valence-corrected chi connectivity index (χ4v) is 3.42. The normalized spacial score (nSPS) is 17.2. The third-order valence-electron chi connectivity index (χ3n) is 4.29. The SMILES string of the molecule is COc1cc(Cl)c(CN(CCO)C2CCN(C)CC2)cc1Cl. The number of piperidine rings is 1. The largest absolute Gasteiger partial charge is 0.495 e. The molecule has 0 saturated carbocycles. The van der Waals surface area contributed by atoms with Crippen LogP contribution in [0, 0.1) is 0 Å². The molecular formula is C16H24Cl2N2O2. The minimum Gasteiger partial charge on any atom is -0.495 e. The molecule has 6 heteroatoms. The summed E-state index contributed by atoms with van der Waals surface area (Å²) in [5.74, 6) is 0.586. The Morgan fingerprint density at radius 3 is 2.55 bits per heavy atom. The lowest BCUT2D eigenvalue weighted by Crippen LogP contribution is -2.44. The van der Waals surface area contributed by atoms with Crippen LogP contribution in [0.5, 0.6) is 5.75 Å². The molecule has 1 aromatic rings. The highest BCUT2D eigenvalue weighted by atomic mass is 35.5. The van der Waals surface area contributed by atoms with Crippen LogP contribution in [0.1, 0.15) is 18.4 Å². The molecule has 1 fully saturated rings. The van der Waals surface area contributed by atoms with Crippen molar-refractivity contribution in [3.63, 3.8) is 0 Å². The van der Waals surface area contributed by atoms with Crippen LogP contribution < -0.4 is 4.74 Å². The summed E-state index contributed by atoms with van der Waals surface area (Å²) in [6.07, 6.45) is 2.22. The van der Waals surface area contributed by atoms with Crippen molar-refractivity contribution < 1.29 is 9.84 Å². The van der Waals surface area contributed by atoms with E-state index >= 15 is 0 Å². The van der Waals surface area contributed by atoms with Gasteiger partial charge in [0.2, 0.25) is 0 Å². The summed E-state index contributed by atoms with van der Waals surface area (Å²) >= 11 is 12.6. The molecule has 1 aliphatic heterocycles. The first-order chi connectivity index (χ1) is 10.5. The lowest BCUT2D eigenvalue weighted by Gasteiger charge is -2.37. The van der Waals surface area contributed by atoms with Crippen molar-refractivity contribution in [2.45, 2.75) is 25.4 Å². The maximum Gasteiger partial charge on any atom is 0.138 e. The number of aliphatic hydroxyl groups is 1. The summed E-state index contributed by atoms with van der Waals surface area (Å²) in [6, 6.07) is 4.09. The number of methoxy groups -OCH3 is 1. The van der Waals surface area contributed by atoms with E-state index in [2.05, 4.69) is 16.8 Å². The minimum atomic E-state index is 0.147. The Balaban J connectivity index is 2.12. The molecule has 0 spiro atoms. The Labute approximate surface area is 142 Å². The van der Waals surface area contributed by atoms with Gasteiger partial charge in [0.05, 0.1) is 18.7 Å². The number of hydrogen-bond acceptors (Lipinski definition) is 4. The summed E-state index contributed by atoms with van der Waals surface area (Å²) in [5, 5.41) is 10.6. The van der Waals surface area contributed by atoms with Gasteiger partial charge in [0.15, 0.2) is 0 Å². The molecule has 124 valence electrons. The van der Waals surface area contributed by atoms with Crippen LogP contribution in [0.15, 0.2) is 12.1 Å². The Kier molecular flexibility index (Phi) is 6.78. The molecule has 0 atom stereocenters. The standard InChI is InChI=1S/C16H24Cl2N2O2/c1-19-5-3-13(4-6-19)20(7-8-21)11-12-9-15(18)16(22-2)10-14(12)17/h9-10,13,21H,3-8,11H2,1-2H3. The van der Waals surface area contributed by atoms with Gasteiger partial charge in [-0.05, 0) is 44.6 Å². The van der Waals surface area contributed by atoms with Gasteiger partial charge in [0.25, 0.3) is 0 Å². The zero-order chi connectivity index (χ0) is 16.1. The van der Waals surface area contributed by atoms with Gasteiger partial charge in [-0.15, -0.1) is 0 Å². The van der Waals surface area contributed by atoms with E-state index in [4.69, 9.17) is 27.9 Å². The zero-order valence-electron chi connectivity index (χ0n) is 13.2. The maximum atomic E-state index is 9.37. The van der Waals surface area contributed by atoms with E-state index in [1.807, 2.05) is 6.07 Å². The summed E-state index contributed by atoms with van der Waals surface area (Å²) in [5.41, 5.74) is 0.972. The summed E-state index contributed by atoms with van der Waals surface area (Å²) < 4.78 is 5.19. The van der Waals surface area contributed by atoms with Crippen molar-refractivity contribution in [2.24, 2.45) is 0 Å². The number of benzene rings is 1. The lowest BCUT2D eigenvalue weighted by atomic mass is 10.0. The van der Waals surface area contributed by atoms with E-state index < -0.39 is 0 Å². The van der Waals surface area contributed by atoms with Crippen molar-refractivity contribution in [3.8, 4) is 5.75 Å². The third-order valence-corrected chi connectivity index (χ3v) is 4.93. The van der Waals surface area contributed by atoms with Crippen LogP contribution >= 0.6 is 23.2 Å². The smallest absolute Gasteiger partial charge is 0.138 e. The quantitative estimate of drug-likeness (QED) is 0.859. The lowest BCUT2D eigenvalue weighted by molar-refractivity contribution is 0.0941. The second-order valence-corrected chi connectivity index (χ2v) is 6.62. The predicted octanol–water partition coefficient (Wildman–Crippen LogP) is 2.89. The van der Waals surface area contributed by atoms with Gasteiger partial charge in [-0.2, -0.15) is 0 Å². The van der Waals surface area contributed by atoms with Crippen LogP contribution in [0.25, 0.3) is 0 Å². The van der Waals surface area contributed by atoms with Crippen molar-refractivity contribution >= 4 is 23.2 Å². The van der Waals surface area contributed by atoms with Gasteiger partial charge in [0, 0.05) is 30.2 Å². The average Bonchev–Trinajstić information content (AvgIpc) is 2.50. The van der Waals surface area contributed by atoms with E-state index in [0.29, 0.717) is 34.9 Å². The van der Waals surface area contributed by atoms with Crippen LogP contribution in [-0.2, 0) is 6.54 Å². The first-order valence-electron chi connectivity index (χ1n) is 7.60. The molecule has 0 aromatic heterocycles. The molecule has 1 heterocycles. The van der Waals surface area contributed by atoms with E-state index in [9.17, 15) is 5.11 Å². The molecule has 1 N–H and O–H groups in total. The Morgan fingerprint density at radius 1 is 1.27 bits per heavy atom. The number of aliphatic hydroxyl groups excluding tert-OH is 1. The van der Waals surface area contributed by atoms with Gasteiger partial charge in [-0.1, -0.05) is 23.2 Å². The number of rotatable bonds is 6. The average molecular weight is 347 g/mol. The molecule has 4 nitrogen and oxygen atoms in total. The Hall–Kier alpha value is -0.520. The number of nitrogens with zero attached hydrogens (tertiary/aromatic N) is 2. The zero-order valence-corrected chi connectivity index (χ0v) is 14.7. The number of ether oxygens (including phenoxy) is 1. The van der Waals surface area contributed by atoms with E-state index in [-0.39, 0.29) is 6.61 Å². The second-order valence-electron chi connectivity index (χ2n) is 5.81. The van der Waals surface area contributed by atoms with Crippen LogP contribution in [0.3, 0.4) is 0 Å². The molecule has 0 radical (unpaired) electrons. The molecule has 0 amide bonds. The predicted molar refractivity (Wildman–Crippen MR) is 91.0 cm³/mol. The van der Waals surface area contributed by atoms with Gasteiger partial charge in [-0.25, -0.2) is 0 Å². The first kappa shape index (κ1) is 17.8. The van der Waals surface area contributed by atoms with Crippen molar-refractivity contribution in [1.82, 2.24) is 9.80 Å². The van der Waals surface area contributed by atoms with Crippen molar-refractivity contribution in [3.05, 3.63) is 27.7 Å². The Morgan fingerprint density at radius 2 is 1.95 bits per heavy atom. The van der Waals surface area contributed by atoms with Crippen LogP contribution in [0.2, 0.25) is 10.0 Å². The topological polar surface area (TPSA) is 35.9 Å². The highest BCUT2D eigenvalue weighted by molar-refractivity contribution is 6.34. The molecule has 0 bridgehead atoms. The van der Waals surface area contributed by atoms with Gasteiger partial charge in [0.1, 0.15) is 5.75 Å². The Bertz CT molecular complexity index is 491. The maximum absolute atomic E-state index is 9.37. The van der Waals surface area contributed by atoms with Gasteiger partial charge in [-0.3, -0.25) is 4.90 Å². The molecule has 1 aromatic carbocycles. The van der Waals surface area contributed by atoms with Gasteiger partial charge >= 0.3 is 0 Å². The fourth-order valence-electron chi connectivity index (χ4n) is 2.95. The molecule has 0 aliphatic carbocycles.